The summed E-state index contributed by atoms with van der Waals surface area (Å²) in [4.78, 5) is 0. The lowest BCUT2D eigenvalue weighted by molar-refractivity contribution is 0.766. The first-order chi connectivity index (χ1) is 9.22. The third-order valence-electron chi connectivity index (χ3n) is 2.78. The monoisotopic (exact) mass is 273 g/mol. The molecule has 2 heterocycles. The van der Waals surface area contributed by atoms with E-state index in [2.05, 4.69) is 26.9 Å². The number of anilines is 1. The number of tetrazole rings is 1. The maximum atomic E-state index is 9.29. The molecule has 1 atom stereocenters. The van der Waals surface area contributed by atoms with Gasteiger partial charge in [-0.05, 0) is 16.5 Å². The highest BCUT2D eigenvalue weighted by molar-refractivity contribution is 6.32. The van der Waals surface area contributed by atoms with Gasteiger partial charge >= 0.3 is 0 Å². The fourth-order valence-electron chi connectivity index (χ4n) is 1.94. The molecule has 94 valence electrons. The Kier molecular flexibility index (Phi) is 2.67. The zero-order chi connectivity index (χ0) is 13.4. The summed E-state index contributed by atoms with van der Waals surface area (Å²) in [7, 11) is 0. The van der Waals surface area contributed by atoms with Gasteiger partial charge < -0.3 is 11.1 Å². The number of nitrogens with two attached hydrogens (primary N) is 1. The highest BCUT2D eigenvalue weighted by Gasteiger charge is 2.28. The summed E-state index contributed by atoms with van der Waals surface area (Å²) in [5.41, 5.74) is 7.38. The summed E-state index contributed by atoms with van der Waals surface area (Å²) in [5, 5.41) is 23.9. The van der Waals surface area contributed by atoms with Crippen molar-refractivity contribution in [2.75, 3.05) is 5.32 Å². The molecule has 1 aliphatic heterocycles. The van der Waals surface area contributed by atoms with Gasteiger partial charge in [-0.2, -0.15) is 9.94 Å². The fourth-order valence-corrected chi connectivity index (χ4v) is 2.16. The highest BCUT2D eigenvalue weighted by atomic mass is 35.5. The molecule has 7 nitrogen and oxygen atoms in total. The van der Waals surface area contributed by atoms with E-state index in [0.29, 0.717) is 27.8 Å². The average Bonchev–Trinajstić information content (AvgIpc) is 2.85. The Hall–Kier alpha value is -2.43. The molecule has 0 fully saturated rings. The molecule has 19 heavy (non-hydrogen) atoms. The number of hydrogen-bond acceptors (Lipinski definition) is 6. The molecule has 0 saturated carbocycles. The van der Waals surface area contributed by atoms with Crippen molar-refractivity contribution in [2.24, 2.45) is 5.73 Å². The minimum Gasteiger partial charge on any atom is -0.333 e. The van der Waals surface area contributed by atoms with Crippen molar-refractivity contribution in [3.63, 3.8) is 0 Å². The van der Waals surface area contributed by atoms with Crippen LogP contribution in [-0.4, -0.2) is 26.4 Å². The normalized spacial score (nSPS) is 17.6. The van der Waals surface area contributed by atoms with Crippen LogP contribution < -0.4 is 11.1 Å². The molecule has 0 spiro atoms. The minimum atomic E-state index is -0.672. The lowest BCUT2D eigenvalue weighted by Crippen LogP contribution is -2.37. The molecule has 0 saturated heterocycles. The average molecular weight is 274 g/mol. The first-order valence-electron chi connectivity index (χ1n) is 5.42. The van der Waals surface area contributed by atoms with E-state index in [1.165, 1.54) is 4.68 Å². The smallest absolute Gasteiger partial charge is 0.249 e. The zero-order valence-corrected chi connectivity index (χ0v) is 10.3. The van der Waals surface area contributed by atoms with Crippen LogP contribution in [0.25, 0.3) is 5.70 Å². The number of hydrogen-bond donors (Lipinski definition) is 2. The molecule has 0 aliphatic carbocycles. The van der Waals surface area contributed by atoms with E-state index >= 15 is 0 Å². The van der Waals surface area contributed by atoms with Crippen LogP contribution in [0.15, 0.2) is 29.8 Å². The van der Waals surface area contributed by atoms with Gasteiger partial charge in [0.25, 0.3) is 0 Å². The Morgan fingerprint density at radius 1 is 1.42 bits per heavy atom. The molecule has 3 rings (SSSR count). The molecule has 1 unspecified atom stereocenters. The number of aromatic nitrogens is 4. The van der Waals surface area contributed by atoms with Crippen LogP contribution in [0.5, 0.6) is 0 Å². The van der Waals surface area contributed by atoms with Crippen molar-refractivity contribution in [1.29, 1.82) is 5.26 Å². The van der Waals surface area contributed by atoms with Crippen molar-refractivity contribution in [3.8, 4) is 6.07 Å². The molecular formula is C11H8ClN7. The van der Waals surface area contributed by atoms with Crippen molar-refractivity contribution in [1.82, 2.24) is 20.2 Å². The molecule has 0 radical (unpaired) electrons. The van der Waals surface area contributed by atoms with Crippen LogP contribution in [0.1, 0.15) is 5.56 Å². The second kappa shape index (κ2) is 4.35. The summed E-state index contributed by atoms with van der Waals surface area (Å²) in [6.45, 7) is 0. The van der Waals surface area contributed by atoms with E-state index in [1.807, 2.05) is 6.07 Å². The maximum Gasteiger partial charge on any atom is 0.249 e. The van der Waals surface area contributed by atoms with Crippen molar-refractivity contribution in [2.45, 2.75) is 6.17 Å². The SMILES string of the molecule is N#CC1=C(c2ccccc2Cl)n2nnnc2NC1N. The molecule has 2 aromatic rings. The Morgan fingerprint density at radius 2 is 2.21 bits per heavy atom. The highest BCUT2D eigenvalue weighted by Crippen LogP contribution is 2.32. The quantitative estimate of drug-likeness (QED) is 0.797. The molecule has 0 bridgehead atoms. The lowest BCUT2D eigenvalue weighted by Gasteiger charge is -2.23. The van der Waals surface area contributed by atoms with Crippen molar-refractivity contribution < 1.29 is 0 Å². The Morgan fingerprint density at radius 3 is 2.95 bits per heavy atom. The third-order valence-corrected chi connectivity index (χ3v) is 3.11. The lowest BCUT2D eigenvalue weighted by atomic mass is 10.0. The summed E-state index contributed by atoms with van der Waals surface area (Å²) < 4.78 is 1.42. The number of rotatable bonds is 1. The Labute approximate surface area is 113 Å². The van der Waals surface area contributed by atoms with Crippen LogP contribution in [0.4, 0.5) is 5.95 Å². The number of nitriles is 1. The van der Waals surface area contributed by atoms with E-state index in [9.17, 15) is 5.26 Å². The first-order valence-corrected chi connectivity index (χ1v) is 5.80. The number of halogens is 1. The number of benzene rings is 1. The zero-order valence-electron chi connectivity index (χ0n) is 9.58. The topological polar surface area (TPSA) is 105 Å². The van der Waals surface area contributed by atoms with Gasteiger partial charge in [0.15, 0.2) is 0 Å². The van der Waals surface area contributed by atoms with E-state index in [-0.39, 0.29) is 0 Å². The van der Waals surface area contributed by atoms with Gasteiger partial charge in [-0.25, -0.2) is 0 Å². The molecule has 1 aliphatic rings. The van der Waals surface area contributed by atoms with Gasteiger partial charge in [0, 0.05) is 10.6 Å². The molecule has 3 N–H and O–H groups in total. The second-order valence-electron chi connectivity index (χ2n) is 3.89. The number of nitrogens with zero attached hydrogens (tertiary/aromatic N) is 5. The van der Waals surface area contributed by atoms with Crippen LogP contribution in [-0.2, 0) is 0 Å². The predicted octanol–water partition coefficient (Wildman–Crippen LogP) is 0.820. The number of nitrogens with one attached hydrogen (secondary N) is 1. The molecule has 1 aromatic carbocycles. The summed E-state index contributed by atoms with van der Waals surface area (Å²) >= 11 is 6.17. The summed E-state index contributed by atoms with van der Waals surface area (Å²) in [6, 6.07) is 9.23. The largest absolute Gasteiger partial charge is 0.333 e. The molecule has 1 aromatic heterocycles. The second-order valence-corrected chi connectivity index (χ2v) is 4.30. The van der Waals surface area contributed by atoms with Gasteiger partial charge in [0.05, 0.1) is 11.3 Å². The predicted molar refractivity (Wildman–Crippen MR) is 68.8 cm³/mol. The van der Waals surface area contributed by atoms with Crippen molar-refractivity contribution in [3.05, 3.63) is 40.4 Å². The summed E-state index contributed by atoms with van der Waals surface area (Å²) in [6.07, 6.45) is -0.672. The van der Waals surface area contributed by atoms with Crippen LogP contribution in [0.2, 0.25) is 5.02 Å². The molecule has 8 heteroatoms. The van der Waals surface area contributed by atoms with Crippen LogP contribution >= 0.6 is 11.6 Å². The maximum absolute atomic E-state index is 9.29. The van der Waals surface area contributed by atoms with E-state index in [1.54, 1.807) is 18.2 Å². The summed E-state index contributed by atoms with van der Waals surface area (Å²) in [5.74, 6) is 0.376. The van der Waals surface area contributed by atoms with Gasteiger partial charge in [-0.15, -0.1) is 0 Å². The van der Waals surface area contributed by atoms with Gasteiger partial charge in [-0.1, -0.05) is 34.9 Å². The van der Waals surface area contributed by atoms with E-state index in [0.717, 1.165) is 0 Å². The van der Waals surface area contributed by atoms with Crippen LogP contribution in [0.3, 0.4) is 0 Å². The Bertz CT molecular complexity index is 712. The van der Waals surface area contributed by atoms with Gasteiger partial charge in [-0.3, -0.25) is 0 Å². The van der Waals surface area contributed by atoms with E-state index < -0.39 is 6.17 Å². The van der Waals surface area contributed by atoms with Crippen molar-refractivity contribution >= 4 is 23.2 Å². The minimum absolute atomic E-state index is 0.327. The Balaban J connectivity index is 2.32. The van der Waals surface area contributed by atoms with Crippen LogP contribution in [0, 0.1) is 11.3 Å². The van der Waals surface area contributed by atoms with Gasteiger partial charge in [0.2, 0.25) is 5.95 Å². The molecule has 0 amide bonds. The first kappa shape index (κ1) is 11.6. The molecular weight excluding hydrogens is 266 g/mol. The third kappa shape index (κ3) is 1.74. The number of fused-ring (bicyclic) bond motifs is 1. The fraction of sp³-hybridized carbons (Fsp3) is 0.0909. The van der Waals surface area contributed by atoms with E-state index in [4.69, 9.17) is 17.3 Å². The standard InChI is InChI=1S/C11H8ClN7/c12-8-4-2-1-3-6(8)9-7(5-13)10(14)15-11-16-17-18-19(9)11/h1-4,10H,14H2,(H,15,16,18). The van der Waals surface area contributed by atoms with Gasteiger partial charge in [0.1, 0.15) is 12.2 Å².